The standard InChI is InChI=1S/C34H42N4.Pt/c1-9-21-23(11-3)31-17-33-25(13-5)26(14-6)34(38-33)18-32-24(12-4)22(10-2)30(37-32)16-28-20(8)19(7)27(35-28)15-29(21)36-31;/h15-17,32H,9-14,18H2,1-8H3;/q-2;+2/b27-15-,30-16-,33-17-;. The van der Waals surface area contributed by atoms with Crippen molar-refractivity contribution in [2.75, 3.05) is 0 Å². The summed E-state index contributed by atoms with van der Waals surface area (Å²) < 4.78 is 0. The maximum absolute atomic E-state index is 5.33. The van der Waals surface area contributed by atoms with Crippen molar-refractivity contribution in [3.05, 3.63) is 84.4 Å². The van der Waals surface area contributed by atoms with E-state index in [1.54, 1.807) is 0 Å². The zero-order valence-electron chi connectivity index (χ0n) is 24.9. The summed E-state index contributed by atoms with van der Waals surface area (Å²) in [7, 11) is 0. The zero-order valence-corrected chi connectivity index (χ0v) is 27.1. The molecule has 1 unspecified atom stereocenters. The molecule has 0 saturated carbocycles. The van der Waals surface area contributed by atoms with Crippen molar-refractivity contribution in [2.45, 2.75) is 106 Å². The molecule has 8 bridgehead atoms. The van der Waals surface area contributed by atoms with Crippen molar-refractivity contribution in [3.8, 4) is 0 Å². The fourth-order valence-electron chi connectivity index (χ4n) is 6.69. The van der Waals surface area contributed by atoms with Gasteiger partial charge >= 0.3 is 21.1 Å². The first-order valence-electron chi connectivity index (χ1n) is 14.7. The summed E-state index contributed by atoms with van der Waals surface area (Å²) in [5, 5.41) is 5.33. The fourth-order valence-corrected chi connectivity index (χ4v) is 6.69. The van der Waals surface area contributed by atoms with Crippen molar-refractivity contribution < 1.29 is 21.1 Å². The summed E-state index contributed by atoms with van der Waals surface area (Å²) in [5.41, 5.74) is 18.4. The summed E-state index contributed by atoms with van der Waals surface area (Å²) in [4.78, 5) is 15.6. The molecule has 0 aromatic carbocycles. The molecule has 5 heteroatoms. The van der Waals surface area contributed by atoms with Crippen LogP contribution < -0.4 is 4.98 Å². The molecule has 208 valence electrons. The molecule has 0 amide bonds. The van der Waals surface area contributed by atoms with Crippen LogP contribution in [0.1, 0.15) is 110 Å². The molecular weight excluding hydrogens is 659 g/mol. The average Bonchev–Trinajstić information content (AvgIpc) is 3.61. The van der Waals surface area contributed by atoms with E-state index in [-0.39, 0.29) is 27.1 Å². The summed E-state index contributed by atoms with van der Waals surface area (Å²) in [6, 6.07) is 0.149. The van der Waals surface area contributed by atoms with Crippen molar-refractivity contribution in [2.24, 2.45) is 9.98 Å². The predicted molar refractivity (Wildman–Crippen MR) is 163 cm³/mol. The average molecular weight is 702 g/mol. The van der Waals surface area contributed by atoms with Gasteiger partial charge in [-0.05, 0) is 81.1 Å². The Balaban J connectivity index is 0.00000353. The van der Waals surface area contributed by atoms with Crippen LogP contribution >= 0.6 is 0 Å². The second-order valence-corrected chi connectivity index (χ2v) is 10.7. The van der Waals surface area contributed by atoms with E-state index in [4.69, 9.17) is 20.3 Å². The van der Waals surface area contributed by atoms with Crippen molar-refractivity contribution in [1.29, 1.82) is 0 Å². The minimum atomic E-state index is 0. The molecule has 0 radical (unpaired) electrons. The van der Waals surface area contributed by atoms with Crippen LogP contribution in [0.15, 0.2) is 66.6 Å². The number of allylic oxidation sites excluding steroid dienone is 6. The van der Waals surface area contributed by atoms with Gasteiger partial charge in [0, 0.05) is 5.71 Å². The molecule has 4 nitrogen and oxygen atoms in total. The van der Waals surface area contributed by atoms with Gasteiger partial charge in [0.05, 0.1) is 17.1 Å². The molecule has 0 saturated heterocycles. The topological polar surface area (TPSA) is 52.9 Å². The van der Waals surface area contributed by atoms with E-state index in [0.29, 0.717) is 0 Å². The Morgan fingerprint density at radius 1 is 0.692 bits per heavy atom. The van der Waals surface area contributed by atoms with Gasteiger partial charge in [-0.1, -0.05) is 88.1 Å². The van der Waals surface area contributed by atoms with E-state index in [1.165, 1.54) is 50.3 Å². The SMILES string of the molecule is CCC1=C(CC)/C2=C/c3[n-]c(c(CC)c3CC)/C=C3N=C(/C=C4\[N-]C(CC1=N2)C(CC)=C4CC)C(C)=C\3C.[Pt+2]. The molecule has 0 fully saturated rings. The molecule has 1 aromatic heterocycles. The van der Waals surface area contributed by atoms with Gasteiger partial charge in [-0.25, -0.2) is 4.99 Å². The summed E-state index contributed by atoms with van der Waals surface area (Å²) in [6.45, 7) is 17.9. The monoisotopic (exact) mass is 701 g/mol. The fraction of sp³-hybridized carbons (Fsp3) is 0.471. The minimum Gasteiger partial charge on any atom is -0.678 e. The molecule has 0 spiro atoms. The smallest absolute Gasteiger partial charge is 0.678 e. The maximum Gasteiger partial charge on any atom is 2.00 e. The molecule has 1 aromatic rings. The third-order valence-corrected chi connectivity index (χ3v) is 8.82. The Bertz CT molecular complexity index is 1430. The normalized spacial score (nSPS) is 24.5. The molecule has 5 heterocycles. The van der Waals surface area contributed by atoms with Crippen LogP contribution in [-0.2, 0) is 33.9 Å². The number of aliphatic imine (C=N–C) groups is 2. The number of rotatable bonds is 6. The van der Waals surface area contributed by atoms with E-state index in [0.717, 1.165) is 79.1 Å². The van der Waals surface area contributed by atoms with Crippen molar-refractivity contribution in [1.82, 2.24) is 4.98 Å². The molecule has 5 rings (SSSR count). The molecular formula is C34H42N4Pt. The van der Waals surface area contributed by atoms with Crippen LogP contribution in [0.4, 0.5) is 0 Å². The van der Waals surface area contributed by atoms with Gasteiger partial charge in [-0.15, -0.1) is 17.1 Å². The van der Waals surface area contributed by atoms with Gasteiger partial charge in [-0.2, -0.15) is 0 Å². The van der Waals surface area contributed by atoms with Gasteiger partial charge in [0.1, 0.15) is 0 Å². The Labute approximate surface area is 249 Å². The van der Waals surface area contributed by atoms with Gasteiger partial charge in [-0.3, -0.25) is 4.99 Å². The second kappa shape index (κ2) is 12.0. The number of fused-ring (bicyclic) bond motifs is 6. The predicted octanol–water partition coefficient (Wildman–Crippen LogP) is 8.97. The summed E-state index contributed by atoms with van der Waals surface area (Å²) >= 11 is 0. The van der Waals surface area contributed by atoms with Gasteiger partial charge < -0.3 is 10.3 Å². The third-order valence-electron chi connectivity index (χ3n) is 8.82. The number of hydrogen-bond acceptors (Lipinski definition) is 2. The quantitative estimate of drug-likeness (QED) is 0.292. The first-order chi connectivity index (χ1) is 18.4. The zero-order chi connectivity index (χ0) is 27.1. The van der Waals surface area contributed by atoms with Crippen LogP contribution in [0.25, 0.3) is 17.5 Å². The first kappa shape index (κ1) is 29.5. The third kappa shape index (κ3) is 4.99. The summed E-state index contributed by atoms with van der Waals surface area (Å²) in [5.74, 6) is 0. The summed E-state index contributed by atoms with van der Waals surface area (Å²) in [6.07, 6.45) is 13.4. The Kier molecular flexibility index (Phi) is 9.06. The van der Waals surface area contributed by atoms with Gasteiger partial charge in [0.15, 0.2) is 0 Å². The van der Waals surface area contributed by atoms with Gasteiger partial charge in [0.25, 0.3) is 0 Å². The molecule has 39 heavy (non-hydrogen) atoms. The Morgan fingerprint density at radius 3 is 1.87 bits per heavy atom. The number of nitrogens with zero attached hydrogens (tertiary/aromatic N) is 4. The first-order valence-corrected chi connectivity index (χ1v) is 14.7. The van der Waals surface area contributed by atoms with E-state index >= 15 is 0 Å². The van der Waals surface area contributed by atoms with E-state index in [1.807, 2.05) is 0 Å². The molecule has 0 aliphatic carbocycles. The van der Waals surface area contributed by atoms with Crippen molar-refractivity contribution >= 4 is 23.6 Å². The molecule has 4 aliphatic rings. The van der Waals surface area contributed by atoms with Crippen LogP contribution in [0, 0.1) is 0 Å². The number of aromatic nitrogens is 1. The largest absolute Gasteiger partial charge is 2.00 e. The molecule has 0 N–H and O–H groups in total. The van der Waals surface area contributed by atoms with Crippen LogP contribution in [0.2, 0.25) is 0 Å². The Hall–Kier alpha value is -2.45. The minimum absolute atomic E-state index is 0. The molecule has 4 aliphatic heterocycles. The van der Waals surface area contributed by atoms with Crippen LogP contribution in [0.5, 0.6) is 0 Å². The Morgan fingerprint density at radius 2 is 1.31 bits per heavy atom. The van der Waals surface area contributed by atoms with E-state index in [2.05, 4.69) is 73.6 Å². The maximum atomic E-state index is 5.33. The van der Waals surface area contributed by atoms with Crippen molar-refractivity contribution in [3.63, 3.8) is 0 Å². The molecule has 1 atom stereocenters. The van der Waals surface area contributed by atoms with Crippen LogP contribution in [0.3, 0.4) is 0 Å². The van der Waals surface area contributed by atoms with Gasteiger partial charge in [0.2, 0.25) is 0 Å². The second-order valence-electron chi connectivity index (χ2n) is 10.7. The van der Waals surface area contributed by atoms with E-state index in [9.17, 15) is 0 Å². The number of hydrogen-bond donors (Lipinski definition) is 0. The van der Waals surface area contributed by atoms with Crippen LogP contribution in [-0.4, -0.2) is 17.5 Å². The van der Waals surface area contributed by atoms with E-state index < -0.39 is 0 Å².